The minimum Gasteiger partial charge on any atom is -0.200 e. The summed E-state index contributed by atoms with van der Waals surface area (Å²) in [6.07, 6.45) is 1.38. The van der Waals surface area contributed by atoms with Crippen LogP contribution in [0.1, 0.15) is 5.56 Å². The highest BCUT2D eigenvalue weighted by molar-refractivity contribution is 7.89. The molecule has 0 saturated carbocycles. The number of nitrogens with zero attached hydrogens (tertiary/aromatic N) is 1. The van der Waals surface area contributed by atoms with Crippen LogP contribution in [0.3, 0.4) is 0 Å². The van der Waals surface area contributed by atoms with Crippen LogP contribution in [0.5, 0.6) is 0 Å². The maximum absolute atomic E-state index is 12.1. The summed E-state index contributed by atoms with van der Waals surface area (Å²) in [5.41, 5.74) is 0.750. The standard InChI is InChI=1S/C13H9Cl3N2O2S/c14-10-6-12(16)13(7-11(10)15)21(19,20)18-17-8-9-4-2-1-3-5-9/h1-8,18H/b17-8-. The fourth-order valence-corrected chi connectivity index (χ4v) is 3.26. The third kappa shape index (κ3) is 4.11. The first-order chi connectivity index (χ1) is 9.90. The van der Waals surface area contributed by atoms with Crippen molar-refractivity contribution < 1.29 is 8.42 Å². The molecule has 0 bridgehead atoms. The summed E-state index contributed by atoms with van der Waals surface area (Å²) in [5.74, 6) is 0. The van der Waals surface area contributed by atoms with Gasteiger partial charge in [0.25, 0.3) is 10.0 Å². The maximum Gasteiger partial charge on any atom is 0.278 e. The second kappa shape index (κ2) is 6.66. The number of benzene rings is 2. The van der Waals surface area contributed by atoms with Gasteiger partial charge in [-0.25, -0.2) is 4.83 Å². The molecule has 0 radical (unpaired) electrons. The summed E-state index contributed by atoms with van der Waals surface area (Å²) in [6, 6.07) is 11.5. The van der Waals surface area contributed by atoms with E-state index >= 15 is 0 Å². The van der Waals surface area contributed by atoms with E-state index in [1.54, 1.807) is 12.1 Å². The highest BCUT2D eigenvalue weighted by Gasteiger charge is 2.19. The first-order valence-electron chi connectivity index (χ1n) is 5.64. The Morgan fingerprint density at radius 2 is 1.57 bits per heavy atom. The molecule has 0 aliphatic rings. The largest absolute Gasteiger partial charge is 0.278 e. The van der Waals surface area contributed by atoms with E-state index in [4.69, 9.17) is 34.8 Å². The molecular weight excluding hydrogens is 355 g/mol. The Hall–Kier alpha value is -1.27. The van der Waals surface area contributed by atoms with Crippen LogP contribution in [0, 0.1) is 0 Å². The lowest BCUT2D eigenvalue weighted by Gasteiger charge is -2.07. The molecule has 21 heavy (non-hydrogen) atoms. The molecule has 0 heterocycles. The van der Waals surface area contributed by atoms with Gasteiger partial charge in [0.2, 0.25) is 0 Å². The van der Waals surface area contributed by atoms with Crippen molar-refractivity contribution >= 4 is 51.0 Å². The van der Waals surface area contributed by atoms with Crippen LogP contribution in [-0.4, -0.2) is 14.6 Å². The smallest absolute Gasteiger partial charge is 0.200 e. The summed E-state index contributed by atoms with van der Waals surface area (Å²) in [7, 11) is -3.92. The minimum absolute atomic E-state index is 0.0354. The van der Waals surface area contributed by atoms with Gasteiger partial charge >= 0.3 is 0 Å². The second-order valence-corrected chi connectivity index (χ2v) is 6.81. The fourth-order valence-electron chi connectivity index (χ4n) is 1.47. The zero-order chi connectivity index (χ0) is 15.5. The van der Waals surface area contributed by atoms with Gasteiger partial charge < -0.3 is 0 Å². The van der Waals surface area contributed by atoms with Gasteiger partial charge in [-0.2, -0.15) is 13.5 Å². The molecule has 4 nitrogen and oxygen atoms in total. The fraction of sp³-hybridized carbons (Fsp3) is 0. The lowest BCUT2D eigenvalue weighted by Crippen LogP contribution is -2.18. The zero-order valence-corrected chi connectivity index (χ0v) is 13.5. The molecule has 0 amide bonds. The van der Waals surface area contributed by atoms with Gasteiger partial charge in [-0.3, -0.25) is 0 Å². The molecule has 0 aliphatic heterocycles. The first-order valence-corrected chi connectivity index (χ1v) is 8.26. The van der Waals surface area contributed by atoms with Crippen molar-refractivity contribution in [3.05, 3.63) is 63.1 Å². The van der Waals surface area contributed by atoms with Crippen LogP contribution in [-0.2, 0) is 10.0 Å². The highest BCUT2D eigenvalue weighted by Crippen LogP contribution is 2.31. The monoisotopic (exact) mass is 362 g/mol. The maximum atomic E-state index is 12.1. The molecular formula is C13H9Cl3N2O2S. The molecule has 1 N–H and O–H groups in total. The van der Waals surface area contributed by atoms with E-state index in [1.807, 2.05) is 18.2 Å². The Bertz CT molecular complexity index is 778. The molecule has 2 aromatic rings. The predicted molar refractivity (Wildman–Crippen MR) is 85.8 cm³/mol. The molecule has 2 rings (SSSR count). The van der Waals surface area contributed by atoms with Crippen LogP contribution in [0.4, 0.5) is 0 Å². The minimum atomic E-state index is -3.92. The summed E-state index contributed by atoms with van der Waals surface area (Å²) >= 11 is 17.4. The van der Waals surface area contributed by atoms with E-state index in [-0.39, 0.29) is 20.0 Å². The Morgan fingerprint density at radius 3 is 2.24 bits per heavy atom. The first kappa shape index (κ1) is 16.1. The van der Waals surface area contributed by atoms with Crippen molar-refractivity contribution in [2.45, 2.75) is 4.90 Å². The highest BCUT2D eigenvalue weighted by atomic mass is 35.5. The van der Waals surface area contributed by atoms with Gasteiger partial charge in [-0.15, -0.1) is 0 Å². The molecule has 0 aromatic heterocycles. The molecule has 0 spiro atoms. The van der Waals surface area contributed by atoms with Gasteiger partial charge in [0.05, 0.1) is 21.3 Å². The number of hydrazone groups is 1. The van der Waals surface area contributed by atoms with Crippen molar-refractivity contribution in [3.63, 3.8) is 0 Å². The normalized spacial score (nSPS) is 11.8. The topological polar surface area (TPSA) is 58.5 Å². The Kier molecular flexibility index (Phi) is 5.11. The van der Waals surface area contributed by atoms with Crippen molar-refractivity contribution in [2.75, 3.05) is 0 Å². The van der Waals surface area contributed by atoms with E-state index in [9.17, 15) is 8.42 Å². The van der Waals surface area contributed by atoms with Gasteiger partial charge in [0.15, 0.2) is 0 Å². The predicted octanol–water partition coefficient (Wildman–Crippen LogP) is 3.96. The quantitative estimate of drug-likeness (QED) is 0.508. The van der Waals surface area contributed by atoms with E-state index < -0.39 is 10.0 Å². The lowest BCUT2D eigenvalue weighted by atomic mass is 10.2. The van der Waals surface area contributed by atoms with Crippen LogP contribution in [0.2, 0.25) is 15.1 Å². The molecule has 8 heteroatoms. The Morgan fingerprint density at radius 1 is 0.952 bits per heavy atom. The molecule has 110 valence electrons. The van der Waals surface area contributed by atoms with Crippen molar-refractivity contribution in [1.29, 1.82) is 0 Å². The molecule has 2 aromatic carbocycles. The summed E-state index contributed by atoms with van der Waals surface area (Å²) in [5, 5.41) is 3.92. The summed E-state index contributed by atoms with van der Waals surface area (Å²) in [6.45, 7) is 0. The van der Waals surface area contributed by atoms with Gasteiger partial charge in [0, 0.05) is 0 Å². The Balaban J connectivity index is 2.23. The number of halogens is 3. The third-order valence-electron chi connectivity index (χ3n) is 2.45. The molecule has 0 unspecified atom stereocenters. The van der Waals surface area contributed by atoms with Gasteiger partial charge in [-0.05, 0) is 17.7 Å². The molecule has 0 saturated heterocycles. The van der Waals surface area contributed by atoms with Crippen LogP contribution in [0.25, 0.3) is 0 Å². The lowest BCUT2D eigenvalue weighted by molar-refractivity contribution is 0.585. The van der Waals surface area contributed by atoms with Crippen LogP contribution < -0.4 is 4.83 Å². The number of hydrogen-bond acceptors (Lipinski definition) is 3. The van der Waals surface area contributed by atoms with E-state index in [1.165, 1.54) is 18.3 Å². The summed E-state index contributed by atoms with van der Waals surface area (Å²) < 4.78 is 24.2. The van der Waals surface area contributed by atoms with Gasteiger partial charge in [0.1, 0.15) is 4.90 Å². The van der Waals surface area contributed by atoms with Gasteiger partial charge in [-0.1, -0.05) is 65.1 Å². The molecule has 0 fully saturated rings. The molecule has 0 atom stereocenters. The average Bonchev–Trinajstić information content (AvgIpc) is 2.43. The van der Waals surface area contributed by atoms with Crippen LogP contribution in [0.15, 0.2) is 52.5 Å². The van der Waals surface area contributed by atoms with E-state index in [0.717, 1.165) is 5.56 Å². The summed E-state index contributed by atoms with van der Waals surface area (Å²) in [4.78, 5) is 1.88. The number of rotatable bonds is 4. The van der Waals surface area contributed by atoms with Crippen molar-refractivity contribution in [1.82, 2.24) is 4.83 Å². The average molecular weight is 364 g/mol. The zero-order valence-electron chi connectivity index (χ0n) is 10.4. The Labute approximate surface area is 137 Å². The van der Waals surface area contributed by atoms with Crippen molar-refractivity contribution in [3.8, 4) is 0 Å². The third-order valence-corrected chi connectivity index (χ3v) is 4.86. The number of sulfonamides is 1. The van der Waals surface area contributed by atoms with Crippen molar-refractivity contribution in [2.24, 2.45) is 5.10 Å². The number of hydrogen-bond donors (Lipinski definition) is 1. The van der Waals surface area contributed by atoms with Crippen LogP contribution >= 0.6 is 34.8 Å². The second-order valence-electron chi connectivity index (χ2n) is 3.96. The van der Waals surface area contributed by atoms with E-state index in [2.05, 4.69) is 9.93 Å². The van der Waals surface area contributed by atoms with E-state index in [0.29, 0.717) is 0 Å². The number of nitrogens with one attached hydrogen (secondary N) is 1. The molecule has 0 aliphatic carbocycles. The SMILES string of the molecule is O=S(=O)(N/N=C\c1ccccc1)c1cc(Cl)c(Cl)cc1Cl.